The number of nitrogens with one attached hydrogen (secondary N) is 1. The number of hydrogen-bond donors (Lipinski definition) is 1. The molecule has 1 aromatic carbocycles. The number of thiazole rings is 1. The molecule has 1 aliphatic rings. The molecular formula is C16H19N3O3S. The number of para-hydroxylation sites is 2. The van der Waals surface area contributed by atoms with E-state index in [2.05, 4.69) is 10.3 Å². The molecule has 1 aliphatic heterocycles. The highest BCUT2D eigenvalue weighted by atomic mass is 32.1. The molecule has 122 valence electrons. The lowest BCUT2D eigenvalue weighted by Crippen LogP contribution is -2.45. The Balaban J connectivity index is 1.49. The first-order valence-corrected chi connectivity index (χ1v) is 8.28. The van der Waals surface area contributed by atoms with E-state index >= 15 is 0 Å². The summed E-state index contributed by atoms with van der Waals surface area (Å²) in [7, 11) is 1.74. The zero-order valence-electron chi connectivity index (χ0n) is 13.1. The van der Waals surface area contributed by atoms with E-state index in [0.717, 1.165) is 22.2 Å². The predicted molar refractivity (Wildman–Crippen MR) is 88.1 cm³/mol. The van der Waals surface area contributed by atoms with Gasteiger partial charge in [-0.2, -0.15) is 0 Å². The van der Waals surface area contributed by atoms with E-state index in [1.807, 2.05) is 36.6 Å². The van der Waals surface area contributed by atoms with Crippen LogP contribution < -0.4 is 14.8 Å². The Hall–Kier alpha value is -2.28. The quantitative estimate of drug-likeness (QED) is 0.933. The lowest BCUT2D eigenvalue weighted by atomic mass is 10.2. The van der Waals surface area contributed by atoms with Crippen molar-refractivity contribution >= 4 is 17.4 Å². The van der Waals surface area contributed by atoms with Crippen LogP contribution in [0.5, 0.6) is 11.5 Å². The van der Waals surface area contributed by atoms with Gasteiger partial charge >= 0.3 is 6.03 Å². The number of benzene rings is 1. The SMILES string of the molecule is Cc1csc(CNC(=O)N(C)C[C@H]2COc3ccccc3O2)n1. The molecule has 0 saturated heterocycles. The average Bonchev–Trinajstić information content (AvgIpc) is 2.98. The second-order valence-electron chi connectivity index (χ2n) is 5.42. The first-order chi connectivity index (χ1) is 11.1. The van der Waals surface area contributed by atoms with Crippen molar-refractivity contribution in [2.24, 2.45) is 0 Å². The Morgan fingerprint density at radius 1 is 1.43 bits per heavy atom. The van der Waals surface area contributed by atoms with Crippen LogP contribution in [0.2, 0.25) is 0 Å². The minimum Gasteiger partial charge on any atom is -0.486 e. The highest BCUT2D eigenvalue weighted by Crippen LogP contribution is 2.30. The van der Waals surface area contributed by atoms with E-state index < -0.39 is 0 Å². The van der Waals surface area contributed by atoms with E-state index in [0.29, 0.717) is 19.7 Å². The maximum Gasteiger partial charge on any atom is 0.317 e. The van der Waals surface area contributed by atoms with Gasteiger partial charge in [0.15, 0.2) is 17.6 Å². The van der Waals surface area contributed by atoms with E-state index in [9.17, 15) is 4.79 Å². The highest BCUT2D eigenvalue weighted by molar-refractivity contribution is 7.09. The van der Waals surface area contributed by atoms with E-state index in [4.69, 9.17) is 9.47 Å². The molecule has 3 rings (SSSR count). The molecule has 1 atom stereocenters. The molecule has 1 aromatic heterocycles. The predicted octanol–water partition coefficient (Wildman–Crippen LogP) is 2.43. The van der Waals surface area contributed by atoms with Crippen LogP contribution in [0.1, 0.15) is 10.7 Å². The maximum absolute atomic E-state index is 12.1. The number of rotatable bonds is 4. The highest BCUT2D eigenvalue weighted by Gasteiger charge is 2.23. The van der Waals surface area contributed by atoms with Gasteiger partial charge in [-0.3, -0.25) is 0 Å². The monoisotopic (exact) mass is 333 g/mol. The third-order valence-electron chi connectivity index (χ3n) is 3.45. The van der Waals surface area contributed by atoms with E-state index in [1.165, 1.54) is 0 Å². The van der Waals surface area contributed by atoms with Crippen LogP contribution in [0.3, 0.4) is 0 Å². The van der Waals surface area contributed by atoms with Crippen LogP contribution in [-0.2, 0) is 6.54 Å². The van der Waals surface area contributed by atoms with Gasteiger partial charge in [-0.05, 0) is 19.1 Å². The van der Waals surface area contributed by atoms with Gasteiger partial charge in [0.2, 0.25) is 0 Å². The van der Waals surface area contributed by atoms with Gasteiger partial charge in [-0.15, -0.1) is 11.3 Å². The Bertz CT molecular complexity index is 689. The summed E-state index contributed by atoms with van der Waals surface area (Å²) in [6.07, 6.45) is -0.178. The average molecular weight is 333 g/mol. The van der Waals surface area contributed by atoms with Crippen LogP contribution in [0, 0.1) is 6.92 Å². The number of carbonyl (C=O) groups excluding carboxylic acids is 1. The maximum atomic E-state index is 12.1. The fourth-order valence-electron chi connectivity index (χ4n) is 2.31. The Kier molecular flexibility index (Phi) is 4.66. The minimum absolute atomic E-state index is 0.152. The standard InChI is InChI=1S/C16H19N3O3S/c1-11-10-23-15(18-11)7-17-16(20)19(2)8-12-9-21-13-5-3-4-6-14(13)22-12/h3-6,10,12H,7-9H2,1-2H3,(H,17,20)/t12-/m0/s1. The molecule has 2 heterocycles. The lowest BCUT2D eigenvalue weighted by molar-refractivity contribution is 0.0715. The molecule has 23 heavy (non-hydrogen) atoms. The number of ether oxygens (including phenoxy) is 2. The number of fused-ring (bicyclic) bond motifs is 1. The smallest absolute Gasteiger partial charge is 0.317 e. The van der Waals surface area contributed by atoms with Gasteiger partial charge in [0.25, 0.3) is 0 Å². The number of aromatic nitrogens is 1. The number of aryl methyl sites for hydroxylation is 1. The Labute approximate surface area is 139 Å². The van der Waals surface area contributed by atoms with E-state index in [1.54, 1.807) is 23.3 Å². The van der Waals surface area contributed by atoms with Crippen molar-refractivity contribution in [2.75, 3.05) is 20.2 Å². The van der Waals surface area contributed by atoms with Gasteiger partial charge in [-0.25, -0.2) is 9.78 Å². The summed E-state index contributed by atoms with van der Waals surface area (Å²) in [6, 6.07) is 7.39. The molecular weight excluding hydrogens is 314 g/mol. The topological polar surface area (TPSA) is 63.7 Å². The fourth-order valence-corrected chi connectivity index (χ4v) is 3.02. The Morgan fingerprint density at radius 2 is 2.22 bits per heavy atom. The number of carbonyl (C=O) groups is 1. The zero-order chi connectivity index (χ0) is 16.2. The van der Waals surface area contributed by atoms with Crippen LogP contribution in [0.25, 0.3) is 0 Å². The van der Waals surface area contributed by atoms with Crippen molar-refractivity contribution < 1.29 is 14.3 Å². The molecule has 0 spiro atoms. The van der Waals surface area contributed by atoms with Gasteiger partial charge in [0, 0.05) is 18.1 Å². The number of likely N-dealkylation sites (N-methyl/N-ethyl adjacent to an activating group) is 1. The van der Waals surface area contributed by atoms with Gasteiger partial charge in [0.1, 0.15) is 11.6 Å². The summed E-state index contributed by atoms with van der Waals surface area (Å²) in [5.41, 5.74) is 0.971. The van der Waals surface area contributed by atoms with Crippen LogP contribution in [0.15, 0.2) is 29.6 Å². The number of urea groups is 1. The summed E-state index contributed by atoms with van der Waals surface area (Å²) in [5.74, 6) is 1.46. The van der Waals surface area contributed by atoms with Crippen LogP contribution >= 0.6 is 11.3 Å². The summed E-state index contributed by atoms with van der Waals surface area (Å²) < 4.78 is 11.5. The first-order valence-electron chi connectivity index (χ1n) is 7.40. The normalized spacial score (nSPS) is 16.0. The van der Waals surface area contributed by atoms with Crippen molar-refractivity contribution in [3.05, 3.63) is 40.3 Å². The summed E-state index contributed by atoms with van der Waals surface area (Å²) in [5, 5.41) is 5.73. The van der Waals surface area contributed by atoms with Crippen molar-refractivity contribution in [1.29, 1.82) is 0 Å². The second-order valence-corrected chi connectivity index (χ2v) is 6.36. The molecule has 0 radical (unpaired) electrons. The molecule has 0 saturated carbocycles. The summed E-state index contributed by atoms with van der Waals surface area (Å²) in [4.78, 5) is 18.1. The van der Waals surface area contributed by atoms with Crippen LogP contribution in [-0.4, -0.2) is 42.2 Å². The third kappa shape index (κ3) is 3.92. The number of nitrogens with zero attached hydrogens (tertiary/aromatic N) is 2. The van der Waals surface area contributed by atoms with Gasteiger partial charge in [0.05, 0.1) is 13.1 Å². The van der Waals surface area contributed by atoms with Crippen molar-refractivity contribution in [3.8, 4) is 11.5 Å². The largest absolute Gasteiger partial charge is 0.486 e. The first kappa shape index (κ1) is 15.6. The lowest BCUT2D eigenvalue weighted by Gasteiger charge is -2.29. The third-order valence-corrected chi connectivity index (χ3v) is 4.42. The van der Waals surface area contributed by atoms with Crippen molar-refractivity contribution in [3.63, 3.8) is 0 Å². The molecule has 1 N–H and O–H groups in total. The molecule has 7 heteroatoms. The molecule has 2 aromatic rings. The molecule has 2 amide bonds. The number of hydrogen-bond acceptors (Lipinski definition) is 5. The fraction of sp³-hybridized carbons (Fsp3) is 0.375. The van der Waals surface area contributed by atoms with Crippen molar-refractivity contribution in [2.45, 2.75) is 19.6 Å². The van der Waals surface area contributed by atoms with Crippen molar-refractivity contribution in [1.82, 2.24) is 15.2 Å². The molecule has 6 nitrogen and oxygen atoms in total. The summed E-state index contributed by atoms with van der Waals surface area (Å²) >= 11 is 1.54. The van der Waals surface area contributed by atoms with Gasteiger partial charge in [-0.1, -0.05) is 12.1 Å². The molecule has 0 bridgehead atoms. The minimum atomic E-state index is -0.178. The molecule has 0 fully saturated rings. The van der Waals surface area contributed by atoms with Crippen LogP contribution in [0.4, 0.5) is 4.79 Å². The number of amides is 2. The van der Waals surface area contributed by atoms with Gasteiger partial charge < -0.3 is 19.7 Å². The van der Waals surface area contributed by atoms with E-state index in [-0.39, 0.29) is 12.1 Å². The second kappa shape index (κ2) is 6.87. The Morgan fingerprint density at radius 3 is 2.96 bits per heavy atom. The summed E-state index contributed by atoms with van der Waals surface area (Å²) in [6.45, 7) is 3.26. The molecule has 0 aliphatic carbocycles. The molecule has 0 unspecified atom stereocenters. The zero-order valence-corrected chi connectivity index (χ0v) is 13.9.